The van der Waals surface area contributed by atoms with Gasteiger partial charge in [0, 0.05) is 25.1 Å². The van der Waals surface area contributed by atoms with E-state index in [9.17, 15) is 0 Å². The van der Waals surface area contributed by atoms with E-state index in [0.29, 0.717) is 6.42 Å². The molecule has 0 saturated carbocycles. The number of nitrogens with two attached hydrogens (primary N) is 1. The van der Waals surface area contributed by atoms with Gasteiger partial charge in [-0.3, -0.25) is 4.68 Å². The van der Waals surface area contributed by atoms with Crippen molar-refractivity contribution < 1.29 is 4.74 Å². The molecule has 102 valence electrons. The van der Waals surface area contributed by atoms with Crippen molar-refractivity contribution in [1.82, 2.24) is 9.78 Å². The van der Waals surface area contributed by atoms with Crippen molar-refractivity contribution in [3.05, 3.63) is 45.7 Å². The molecule has 0 amide bonds. The van der Waals surface area contributed by atoms with Crippen molar-refractivity contribution in [3.63, 3.8) is 0 Å². The summed E-state index contributed by atoms with van der Waals surface area (Å²) in [6.07, 6.45) is 0.707. The molecule has 1 heterocycles. The fourth-order valence-corrected chi connectivity index (χ4v) is 2.69. The fourth-order valence-electron chi connectivity index (χ4n) is 2.19. The molecule has 19 heavy (non-hydrogen) atoms. The van der Waals surface area contributed by atoms with Crippen LogP contribution < -0.4 is 10.5 Å². The molecule has 2 rings (SSSR count). The first-order valence-electron chi connectivity index (χ1n) is 6.11. The number of para-hydroxylation sites is 1. The normalized spacial score (nSPS) is 12.5. The molecule has 0 aliphatic carbocycles. The van der Waals surface area contributed by atoms with Crippen LogP contribution in [0.1, 0.15) is 23.0 Å². The third-order valence-electron chi connectivity index (χ3n) is 3.21. The highest BCUT2D eigenvalue weighted by Gasteiger charge is 2.17. The predicted octanol–water partition coefficient (Wildman–Crippen LogP) is 2.74. The van der Waals surface area contributed by atoms with Crippen LogP contribution in [0, 0.1) is 6.92 Å². The number of halogens is 1. The lowest BCUT2D eigenvalue weighted by molar-refractivity contribution is 0.405. The summed E-state index contributed by atoms with van der Waals surface area (Å²) >= 11 is 3.57. The van der Waals surface area contributed by atoms with Crippen LogP contribution in [-0.4, -0.2) is 16.9 Å². The molecule has 0 aliphatic rings. The van der Waals surface area contributed by atoms with Gasteiger partial charge in [0.05, 0.1) is 23.0 Å². The lowest BCUT2D eigenvalue weighted by Crippen LogP contribution is -2.16. The molecule has 1 atom stereocenters. The van der Waals surface area contributed by atoms with Gasteiger partial charge in [-0.25, -0.2) is 0 Å². The van der Waals surface area contributed by atoms with Crippen molar-refractivity contribution in [1.29, 1.82) is 0 Å². The standard InChI is InChI=1S/C14H18BrN3O/c1-9-14(15)12(18(2)17-9)8-11(16)10-6-4-5-7-13(10)19-3/h4-7,11H,8,16H2,1-3H3. The molecular weight excluding hydrogens is 306 g/mol. The van der Waals surface area contributed by atoms with Crippen LogP contribution in [-0.2, 0) is 13.5 Å². The van der Waals surface area contributed by atoms with Gasteiger partial charge in [0.25, 0.3) is 0 Å². The topological polar surface area (TPSA) is 53.1 Å². The molecule has 1 aromatic carbocycles. The molecule has 4 nitrogen and oxygen atoms in total. The maximum atomic E-state index is 6.31. The number of methoxy groups -OCH3 is 1. The van der Waals surface area contributed by atoms with Gasteiger partial charge in [-0.05, 0) is 28.9 Å². The molecule has 0 saturated heterocycles. The second-order valence-electron chi connectivity index (χ2n) is 4.52. The van der Waals surface area contributed by atoms with E-state index >= 15 is 0 Å². The third kappa shape index (κ3) is 2.82. The molecule has 0 radical (unpaired) electrons. The number of hydrogen-bond acceptors (Lipinski definition) is 3. The van der Waals surface area contributed by atoms with Gasteiger partial charge in [0.2, 0.25) is 0 Å². The Balaban J connectivity index is 2.28. The number of ether oxygens (including phenoxy) is 1. The van der Waals surface area contributed by atoms with Crippen molar-refractivity contribution in [3.8, 4) is 5.75 Å². The zero-order chi connectivity index (χ0) is 14.0. The van der Waals surface area contributed by atoms with Crippen LogP contribution in [0.3, 0.4) is 0 Å². The minimum atomic E-state index is -0.123. The van der Waals surface area contributed by atoms with Gasteiger partial charge in [-0.2, -0.15) is 5.10 Å². The van der Waals surface area contributed by atoms with E-state index in [1.807, 2.05) is 42.9 Å². The largest absolute Gasteiger partial charge is 0.496 e. The zero-order valence-corrected chi connectivity index (χ0v) is 12.9. The maximum Gasteiger partial charge on any atom is 0.123 e. The average Bonchev–Trinajstić information content (AvgIpc) is 2.65. The smallest absolute Gasteiger partial charge is 0.123 e. The second-order valence-corrected chi connectivity index (χ2v) is 5.32. The van der Waals surface area contributed by atoms with E-state index in [4.69, 9.17) is 10.5 Å². The lowest BCUT2D eigenvalue weighted by Gasteiger charge is -2.16. The first-order chi connectivity index (χ1) is 9.04. The highest BCUT2D eigenvalue weighted by molar-refractivity contribution is 9.10. The first kappa shape index (κ1) is 14.1. The fraction of sp³-hybridized carbons (Fsp3) is 0.357. The Labute approximate surface area is 121 Å². The van der Waals surface area contributed by atoms with Crippen molar-refractivity contribution in [2.75, 3.05) is 7.11 Å². The molecular formula is C14H18BrN3O. The summed E-state index contributed by atoms with van der Waals surface area (Å²) in [4.78, 5) is 0. The summed E-state index contributed by atoms with van der Waals surface area (Å²) in [5, 5.41) is 4.38. The average molecular weight is 324 g/mol. The summed E-state index contributed by atoms with van der Waals surface area (Å²) in [6, 6.07) is 7.72. The number of nitrogens with zero attached hydrogens (tertiary/aromatic N) is 2. The highest BCUT2D eigenvalue weighted by Crippen LogP contribution is 2.29. The van der Waals surface area contributed by atoms with Crippen LogP contribution in [0.2, 0.25) is 0 Å². The molecule has 0 bridgehead atoms. The molecule has 0 fully saturated rings. The van der Waals surface area contributed by atoms with Gasteiger partial charge in [0.1, 0.15) is 5.75 Å². The van der Waals surface area contributed by atoms with Gasteiger partial charge < -0.3 is 10.5 Å². The van der Waals surface area contributed by atoms with Gasteiger partial charge in [-0.15, -0.1) is 0 Å². The Kier molecular flexibility index (Phi) is 4.27. The van der Waals surface area contributed by atoms with Crippen LogP contribution in [0.15, 0.2) is 28.7 Å². The monoisotopic (exact) mass is 323 g/mol. The molecule has 5 heteroatoms. The van der Waals surface area contributed by atoms with Gasteiger partial charge in [0.15, 0.2) is 0 Å². The Morgan fingerprint density at radius 1 is 1.42 bits per heavy atom. The summed E-state index contributed by atoms with van der Waals surface area (Å²) < 4.78 is 8.25. The van der Waals surface area contributed by atoms with Crippen molar-refractivity contribution in [2.24, 2.45) is 12.8 Å². The van der Waals surface area contributed by atoms with Crippen molar-refractivity contribution in [2.45, 2.75) is 19.4 Å². The van der Waals surface area contributed by atoms with Crippen LogP contribution in [0.4, 0.5) is 0 Å². The quantitative estimate of drug-likeness (QED) is 0.941. The van der Waals surface area contributed by atoms with E-state index in [1.54, 1.807) is 7.11 Å². The van der Waals surface area contributed by atoms with E-state index in [1.165, 1.54) is 0 Å². The van der Waals surface area contributed by atoms with E-state index in [0.717, 1.165) is 27.2 Å². The maximum absolute atomic E-state index is 6.31. The first-order valence-corrected chi connectivity index (χ1v) is 6.90. The van der Waals surface area contributed by atoms with Crippen molar-refractivity contribution >= 4 is 15.9 Å². The Morgan fingerprint density at radius 3 is 2.68 bits per heavy atom. The molecule has 1 aromatic heterocycles. The van der Waals surface area contributed by atoms with Gasteiger partial charge >= 0.3 is 0 Å². The number of aromatic nitrogens is 2. The Morgan fingerprint density at radius 2 is 2.11 bits per heavy atom. The van der Waals surface area contributed by atoms with Crippen LogP contribution >= 0.6 is 15.9 Å². The number of benzene rings is 1. The van der Waals surface area contributed by atoms with E-state index in [-0.39, 0.29) is 6.04 Å². The molecule has 2 N–H and O–H groups in total. The zero-order valence-electron chi connectivity index (χ0n) is 11.4. The third-order valence-corrected chi connectivity index (χ3v) is 4.24. The predicted molar refractivity (Wildman–Crippen MR) is 79.3 cm³/mol. The Hall–Kier alpha value is -1.33. The highest BCUT2D eigenvalue weighted by atomic mass is 79.9. The Bertz CT molecular complexity index is 580. The minimum absolute atomic E-state index is 0.123. The van der Waals surface area contributed by atoms with Crippen LogP contribution in [0.5, 0.6) is 5.75 Å². The molecule has 0 spiro atoms. The van der Waals surface area contributed by atoms with Gasteiger partial charge in [-0.1, -0.05) is 18.2 Å². The summed E-state index contributed by atoms with van der Waals surface area (Å²) in [5.74, 6) is 0.824. The summed E-state index contributed by atoms with van der Waals surface area (Å²) in [6.45, 7) is 1.97. The van der Waals surface area contributed by atoms with E-state index in [2.05, 4.69) is 21.0 Å². The molecule has 1 unspecified atom stereocenters. The lowest BCUT2D eigenvalue weighted by atomic mass is 10.0. The molecule has 2 aromatic rings. The summed E-state index contributed by atoms with van der Waals surface area (Å²) in [5.41, 5.74) is 9.39. The number of hydrogen-bond donors (Lipinski definition) is 1. The minimum Gasteiger partial charge on any atom is -0.496 e. The summed E-state index contributed by atoms with van der Waals surface area (Å²) in [7, 11) is 3.59. The SMILES string of the molecule is COc1ccccc1C(N)Cc1c(Br)c(C)nn1C. The number of aryl methyl sites for hydroxylation is 2. The number of rotatable bonds is 4. The second kappa shape index (κ2) is 5.75. The van der Waals surface area contributed by atoms with Crippen LogP contribution in [0.25, 0.3) is 0 Å². The molecule has 0 aliphatic heterocycles. The van der Waals surface area contributed by atoms with E-state index < -0.39 is 0 Å².